The fourth-order valence-electron chi connectivity index (χ4n) is 3.96. The van der Waals surface area contributed by atoms with Crippen molar-refractivity contribution in [2.24, 2.45) is 0 Å². The van der Waals surface area contributed by atoms with Crippen molar-refractivity contribution in [1.29, 1.82) is 0 Å². The summed E-state index contributed by atoms with van der Waals surface area (Å²) in [6.07, 6.45) is 3.80. The molecule has 4 rings (SSSR count). The van der Waals surface area contributed by atoms with Crippen molar-refractivity contribution in [3.05, 3.63) is 11.6 Å². The molecule has 27 heavy (non-hydrogen) atoms. The van der Waals surface area contributed by atoms with Gasteiger partial charge >= 0.3 is 6.09 Å². The third-order valence-corrected chi connectivity index (χ3v) is 5.55. The summed E-state index contributed by atoms with van der Waals surface area (Å²) in [5, 5.41) is 8.99. The van der Waals surface area contributed by atoms with Gasteiger partial charge < -0.3 is 19.1 Å². The van der Waals surface area contributed by atoms with Gasteiger partial charge in [0.2, 0.25) is 5.91 Å². The van der Waals surface area contributed by atoms with Crippen molar-refractivity contribution in [1.82, 2.24) is 29.5 Å². The van der Waals surface area contributed by atoms with Gasteiger partial charge in [-0.2, -0.15) is 0 Å². The molecule has 0 atom stereocenters. The minimum Gasteiger partial charge on any atom is -0.448 e. The molecule has 1 aromatic rings. The molecule has 0 radical (unpaired) electrons. The third-order valence-electron chi connectivity index (χ3n) is 5.55. The molecular weight excluding hydrogens is 348 g/mol. The van der Waals surface area contributed by atoms with Crippen LogP contribution in [0.5, 0.6) is 0 Å². The molecule has 0 bridgehead atoms. The van der Waals surface area contributed by atoms with Gasteiger partial charge in [-0.25, -0.2) is 4.79 Å². The van der Waals surface area contributed by atoms with Gasteiger partial charge in [-0.15, -0.1) is 10.2 Å². The van der Waals surface area contributed by atoms with E-state index in [0.29, 0.717) is 38.2 Å². The number of piperidine rings is 1. The summed E-state index contributed by atoms with van der Waals surface area (Å²) in [5.41, 5.74) is 0. The van der Waals surface area contributed by atoms with Crippen molar-refractivity contribution < 1.29 is 14.3 Å². The van der Waals surface area contributed by atoms with Crippen LogP contribution in [0.2, 0.25) is 0 Å². The first kappa shape index (κ1) is 18.2. The first-order valence-electron chi connectivity index (χ1n) is 9.81. The molecule has 2 aliphatic heterocycles. The fourth-order valence-corrected chi connectivity index (χ4v) is 3.96. The molecule has 9 nitrogen and oxygen atoms in total. The van der Waals surface area contributed by atoms with E-state index in [2.05, 4.69) is 19.7 Å². The zero-order valence-corrected chi connectivity index (χ0v) is 16.1. The van der Waals surface area contributed by atoms with E-state index in [1.807, 2.05) is 19.0 Å². The third kappa shape index (κ3) is 3.92. The SMILES string of the molecule is CN(C)Cc1nnc(C2CCN(C(=O)CN3CCOC3=O)CC2)n1C1CC1. The second kappa shape index (κ2) is 7.46. The number of carbonyl (C=O) groups is 2. The Kier molecular flexibility index (Phi) is 5.03. The number of rotatable bonds is 6. The Hall–Kier alpha value is -2.16. The number of nitrogens with zero attached hydrogens (tertiary/aromatic N) is 6. The quantitative estimate of drug-likeness (QED) is 0.731. The zero-order valence-electron chi connectivity index (χ0n) is 16.1. The fraction of sp³-hybridized carbons (Fsp3) is 0.778. The number of ether oxygens (including phenoxy) is 1. The first-order valence-corrected chi connectivity index (χ1v) is 9.81. The molecule has 2 saturated heterocycles. The standard InChI is InChI=1S/C18H28N6O3/c1-21(2)11-15-19-20-17(24(15)14-3-4-14)13-5-7-22(8-6-13)16(25)12-23-9-10-27-18(23)26/h13-14H,3-12H2,1-2H3. The van der Waals surface area contributed by atoms with E-state index in [1.54, 1.807) is 0 Å². The summed E-state index contributed by atoms with van der Waals surface area (Å²) in [7, 11) is 4.09. The molecule has 0 N–H and O–H groups in total. The van der Waals surface area contributed by atoms with Crippen molar-refractivity contribution >= 4 is 12.0 Å². The Bertz CT molecular complexity index is 706. The van der Waals surface area contributed by atoms with Gasteiger partial charge in [-0.3, -0.25) is 9.69 Å². The van der Waals surface area contributed by atoms with E-state index < -0.39 is 0 Å². The van der Waals surface area contributed by atoms with E-state index in [-0.39, 0.29) is 18.5 Å². The minimum atomic E-state index is -0.385. The molecule has 3 heterocycles. The number of likely N-dealkylation sites (tertiary alicyclic amines) is 1. The van der Waals surface area contributed by atoms with E-state index in [4.69, 9.17) is 4.74 Å². The van der Waals surface area contributed by atoms with Crippen LogP contribution in [0.15, 0.2) is 0 Å². The number of carbonyl (C=O) groups excluding carboxylic acids is 2. The second-order valence-corrected chi connectivity index (χ2v) is 8.00. The average Bonchev–Trinajstić information content (AvgIpc) is 3.28. The van der Waals surface area contributed by atoms with Crippen LogP contribution in [-0.4, -0.2) is 88.3 Å². The van der Waals surface area contributed by atoms with E-state index in [1.165, 1.54) is 17.7 Å². The van der Waals surface area contributed by atoms with Crippen LogP contribution in [0.25, 0.3) is 0 Å². The summed E-state index contributed by atoms with van der Waals surface area (Å²) in [6.45, 7) is 3.20. The number of hydrogen-bond acceptors (Lipinski definition) is 6. The molecule has 1 aromatic heterocycles. The van der Waals surface area contributed by atoms with Crippen molar-refractivity contribution in [3.8, 4) is 0 Å². The molecule has 3 fully saturated rings. The molecule has 9 heteroatoms. The first-order chi connectivity index (χ1) is 13.0. The lowest BCUT2D eigenvalue weighted by Crippen LogP contribution is -2.44. The molecule has 0 aromatic carbocycles. The average molecular weight is 376 g/mol. The predicted molar refractivity (Wildman–Crippen MR) is 97.2 cm³/mol. The molecule has 2 amide bonds. The lowest BCUT2D eigenvalue weighted by atomic mass is 9.95. The monoisotopic (exact) mass is 376 g/mol. The Morgan fingerprint density at radius 2 is 1.89 bits per heavy atom. The maximum Gasteiger partial charge on any atom is 0.410 e. The molecular formula is C18H28N6O3. The zero-order chi connectivity index (χ0) is 19.0. The molecule has 0 unspecified atom stereocenters. The Morgan fingerprint density at radius 3 is 2.48 bits per heavy atom. The lowest BCUT2D eigenvalue weighted by Gasteiger charge is -2.32. The molecule has 0 spiro atoms. The van der Waals surface area contributed by atoms with Crippen molar-refractivity contribution in [2.75, 3.05) is 46.9 Å². The molecule has 1 aliphatic carbocycles. The smallest absolute Gasteiger partial charge is 0.410 e. The van der Waals surface area contributed by atoms with Crippen LogP contribution in [0.3, 0.4) is 0 Å². The van der Waals surface area contributed by atoms with Crippen molar-refractivity contribution in [2.45, 2.75) is 44.2 Å². The number of aromatic nitrogens is 3. The number of amides is 2. The van der Waals surface area contributed by atoms with E-state index >= 15 is 0 Å². The van der Waals surface area contributed by atoms with Gasteiger partial charge in [-0.1, -0.05) is 0 Å². The van der Waals surface area contributed by atoms with Crippen LogP contribution in [0, 0.1) is 0 Å². The van der Waals surface area contributed by atoms with Crippen LogP contribution < -0.4 is 0 Å². The molecule has 148 valence electrons. The number of cyclic esters (lactones) is 1. The summed E-state index contributed by atoms with van der Waals surface area (Å²) in [4.78, 5) is 29.5. The highest BCUT2D eigenvalue weighted by molar-refractivity contribution is 5.83. The Balaban J connectivity index is 1.37. The normalized spacial score (nSPS) is 21.2. The summed E-state index contributed by atoms with van der Waals surface area (Å²) in [6, 6.07) is 0.547. The largest absolute Gasteiger partial charge is 0.448 e. The van der Waals surface area contributed by atoms with Crippen LogP contribution in [-0.2, 0) is 16.1 Å². The van der Waals surface area contributed by atoms with Crippen LogP contribution in [0.1, 0.15) is 49.3 Å². The van der Waals surface area contributed by atoms with E-state index in [9.17, 15) is 9.59 Å². The maximum atomic E-state index is 12.5. The summed E-state index contributed by atoms with van der Waals surface area (Å²) >= 11 is 0. The van der Waals surface area contributed by atoms with Gasteiger partial charge in [-0.05, 0) is 39.8 Å². The van der Waals surface area contributed by atoms with Crippen LogP contribution >= 0.6 is 0 Å². The summed E-state index contributed by atoms with van der Waals surface area (Å²) < 4.78 is 7.24. The Labute approximate surface area is 159 Å². The highest BCUT2D eigenvalue weighted by Gasteiger charge is 2.35. The number of hydrogen-bond donors (Lipinski definition) is 0. The Morgan fingerprint density at radius 1 is 1.15 bits per heavy atom. The van der Waals surface area contributed by atoms with Gasteiger partial charge in [0.25, 0.3) is 0 Å². The second-order valence-electron chi connectivity index (χ2n) is 8.00. The molecule has 3 aliphatic rings. The predicted octanol–water partition coefficient (Wildman–Crippen LogP) is 0.833. The van der Waals surface area contributed by atoms with Gasteiger partial charge in [0, 0.05) is 25.0 Å². The highest BCUT2D eigenvalue weighted by Crippen LogP contribution is 2.40. The van der Waals surface area contributed by atoms with Gasteiger partial charge in [0.15, 0.2) is 0 Å². The maximum absolute atomic E-state index is 12.5. The minimum absolute atomic E-state index is 0.00394. The van der Waals surface area contributed by atoms with Crippen molar-refractivity contribution in [3.63, 3.8) is 0 Å². The van der Waals surface area contributed by atoms with E-state index in [0.717, 1.165) is 31.0 Å². The van der Waals surface area contributed by atoms with Crippen LogP contribution in [0.4, 0.5) is 4.79 Å². The topological polar surface area (TPSA) is 83.8 Å². The van der Waals surface area contributed by atoms with Gasteiger partial charge in [0.05, 0.1) is 13.1 Å². The highest BCUT2D eigenvalue weighted by atomic mass is 16.6. The molecule has 1 saturated carbocycles. The lowest BCUT2D eigenvalue weighted by molar-refractivity contribution is -0.132. The van der Waals surface area contributed by atoms with Gasteiger partial charge in [0.1, 0.15) is 24.8 Å². The summed E-state index contributed by atoms with van der Waals surface area (Å²) in [5.74, 6) is 2.48.